The molecule has 0 radical (unpaired) electrons. The maximum atomic E-state index is 13.3. The first-order valence-electron chi connectivity index (χ1n) is 12.3. The van der Waals surface area contributed by atoms with Crippen molar-refractivity contribution < 1.29 is 13.2 Å². The van der Waals surface area contributed by atoms with Crippen LogP contribution in [-0.2, 0) is 14.8 Å². The Balaban J connectivity index is 1.31. The Morgan fingerprint density at radius 3 is 1.89 bits per heavy atom. The first-order chi connectivity index (χ1) is 17.6. The molecule has 0 bridgehead atoms. The molecule has 0 unspecified atom stereocenters. The fourth-order valence-corrected chi connectivity index (χ4v) is 6.70. The highest BCUT2D eigenvalue weighted by Crippen LogP contribution is 2.29. The number of sulfonamides is 1. The Kier molecular flexibility index (Phi) is 9.57. The van der Waals surface area contributed by atoms with Gasteiger partial charge in [0.25, 0.3) is 0 Å². The van der Waals surface area contributed by atoms with Crippen LogP contribution < -0.4 is 0 Å². The van der Waals surface area contributed by atoms with Gasteiger partial charge < -0.3 is 9.64 Å². The van der Waals surface area contributed by atoms with Gasteiger partial charge in [-0.15, -0.1) is 0 Å². The highest BCUT2D eigenvalue weighted by Gasteiger charge is 2.30. The van der Waals surface area contributed by atoms with Crippen LogP contribution in [0.25, 0.3) is 0 Å². The molecule has 198 valence electrons. The van der Waals surface area contributed by atoms with Crippen LogP contribution in [0.2, 0.25) is 15.1 Å². The van der Waals surface area contributed by atoms with Gasteiger partial charge in [0, 0.05) is 54.4 Å². The standard InChI is InChI=1S/C28H31Cl3N2O3S/c1-20-19-27(21(2)18-26(20)31)37(34,35)33-15-13-32(14-16-33)12-3-17-36-28(22-4-8-24(29)9-5-22)23-6-10-25(30)11-7-23/h4-11,18-19,28H,3,12-17H2,1-2H3. The Labute approximate surface area is 234 Å². The van der Waals surface area contributed by atoms with Crippen molar-refractivity contribution in [1.29, 1.82) is 0 Å². The summed E-state index contributed by atoms with van der Waals surface area (Å²) in [4.78, 5) is 2.63. The molecule has 1 aliphatic rings. The molecule has 9 heteroatoms. The molecule has 1 heterocycles. The van der Waals surface area contributed by atoms with Crippen LogP contribution in [0, 0.1) is 13.8 Å². The van der Waals surface area contributed by atoms with E-state index in [0.717, 1.165) is 29.7 Å². The normalized spacial score (nSPS) is 15.4. The van der Waals surface area contributed by atoms with Crippen LogP contribution >= 0.6 is 34.8 Å². The molecule has 1 aliphatic heterocycles. The monoisotopic (exact) mass is 580 g/mol. The molecule has 0 spiro atoms. The van der Waals surface area contributed by atoms with Crippen LogP contribution in [0.5, 0.6) is 0 Å². The number of aryl methyl sites for hydroxylation is 2. The summed E-state index contributed by atoms with van der Waals surface area (Å²) < 4.78 is 34.4. The van der Waals surface area contributed by atoms with E-state index in [4.69, 9.17) is 39.5 Å². The Morgan fingerprint density at radius 2 is 1.35 bits per heavy atom. The van der Waals surface area contributed by atoms with Crippen LogP contribution in [0.3, 0.4) is 0 Å². The zero-order chi connectivity index (χ0) is 26.6. The number of benzene rings is 3. The van der Waals surface area contributed by atoms with Crippen LogP contribution in [0.1, 0.15) is 34.8 Å². The molecule has 1 saturated heterocycles. The summed E-state index contributed by atoms with van der Waals surface area (Å²) in [6.07, 6.45) is 0.613. The third-order valence-corrected chi connectivity index (χ3v) is 9.61. The van der Waals surface area contributed by atoms with Crippen LogP contribution in [-0.4, -0.2) is 57.0 Å². The Bertz CT molecular complexity index is 1260. The average molecular weight is 582 g/mol. The summed E-state index contributed by atoms with van der Waals surface area (Å²) in [7, 11) is -3.55. The molecular formula is C28H31Cl3N2O3S. The summed E-state index contributed by atoms with van der Waals surface area (Å²) in [5, 5.41) is 1.94. The maximum absolute atomic E-state index is 13.3. The summed E-state index contributed by atoms with van der Waals surface area (Å²) >= 11 is 18.3. The molecule has 5 nitrogen and oxygen atoms in total. The van der Waals surface area contributed by atoms with Gasteiger partial charge in [-0.3, -0.25) is 0 Å². The molecule has 0 N–H and O–H groups in total. The number of piperazine rings is 1. The average Bonchev–Trinajstić information content (AvgIpc) is 2.88. The summed E-state index contributed by atoms with van der Waals surface area (Å²) in [5.74, 6) is 0. The van der Waals surface area contributed by atoms with Crippen LogP contribution in [0.4, 0.5) is 0 Å². The Morgan fingerprint density at radius 1 is 0.811 bits per heavy atom. The predicted molar refractivity (Wildman–Crippen MR) is 151 cm³/mol. The molecule has 3 aromatic rings. The van der Waals surface area contributed by atoms with E-state index in [2.05, 4.69) is 4.90 Å². The summed E-state index contributed by atoms with van der Waals surface area (Å²) in [6, 6.07) is 18.8. The minimum atomic E-state index is -3.55. The highest BCUT2D eigenvalue weighted by atomic mass is 35.5. The van der Waals surface area contributed by atoms with Crippen molar-refractivity contribution in [1.82, 2.24) is 9.21 Å². The van der Waals surface area contributed by atoms with E-state index in [9.17, 15) is 8.42 Å². The van der Waals surface area contributed by atoms with E-state index >= 15 is 0 Å². The van der Waals surface area contributed by atoms with Gasteiger partial charge in [0.15, 0.2) is 0 Å². The Hall–Kier alpha value is -1.64. The van der Waals surface area contributed by atoms with Crippen molar-refractivity contribution in [2.45, 2.75) is 31.3 Å². The first kappa shape index (κ1) is 28.4. The molecule has 4 rings (SSSR count). The first-order valence-corrected chi connectivity index (χ1v) is 14.8. The van der Waals surface area contributed by atoms with E-state index in [1.165, 1.54) is 0 Å². The zero-order valence-corrected chi connectivity index (χ0v) is 24.0. The molecular weight excluding hydrogens is 551 g/mol. The van der Waals surface area contributed by atoms with E-state index in [-0.39, 0.29) is 6.10 Å². The fourth-order valence-electron chi connectivity index (χ4n) is 4.51. The van der Waals surface area contributed by atoms with Crippen molar-refractivity contribution in [3.63, 3.8) is 0 Å². The van der Waals surface area contributed by atoms with Crippen molar-refractivity contribution >= 4 is 44.8 Å². The van der Waals surface area contributed by atoms with Gasteiger partial charge >= 0.3 is 0 Å². The SMILES string of the molecule is Cc1cc(S(=O)(=O)N2CCN(CCCOC(c3ccc(Cl)cc3)c3ccc(Cl)cc3)CC2)c(C)cc1Cl. The fraction of sp³-hybridized carbons (Fsp3) is 0.357. The van der Waals surface area contributed by atoms with Gasteiger partial charge in [0.05, 0.1) is 4.90 Å². The molecule has 0 atom stereocenters. The topological polar surface area (TPSA) is 49.9 Å². The zero-order valence-electron chi connectivity index (χ0n) is 21.0. The minimum absolute atomic E-state index is 0.220. The van der Waals surface area contributed by atoms with Crippen molar-refractivity contribution in [3.05, 3.63) is 98.0 Å². The second-order valence-corrected chi connectivity index (χ2v) is 12.5. The number of ether oxygens (including phenoxy) is 1. The quantitative estimate of drug-likeness (QED) is 0.262. The number of hydrogen-bond donors (Lipinski definition) is 0. The molecule has 0 aromatic heterocycles. The lowest BCUT2D eigenvalue weighted by Gasteiger charge is -2.34. The third kappa shape index (κ3) is 7.07. The molecule has 1 fully saturated rings. The molecule has 3 aromatic carbocycles. The van der Waals surface area contributed by atoms with Crippen molar-refractivity contribution in [2.24, 2.45) is 0 Å². The lowest BCUT2D eigenvalue weighted by atomic mass is 10.0. The minimum Gasteiger partial charge on any atom is -0.369 e. The largest absolute Gasteiger partial charge is 0.369 e. The van der Waals surface area contributed by atoms with Gasteiger partial charge in [-0.25, -0.2) is 8.42 Å². The molecule has 37 heavy (non-hydrogen) atoms. The number of rotatable bonds is 9. The van der Waals surface area contributed by atoms with Gasteiger partial charge in [0.2, 0.25) is 10.0 Å². The van der Waals surface area contributed by atoms with Gasteiger partial charge in [-0.1, -0.05) is 59.1 Å². The van der Waals surface area contributed by atoms with E-state index in [1.807, 2.05) is 55.5 Å². The predicted octanol–water partition coefficient (Wildman–Crippen LogP) is 6.77. The van der Waals surface area contributed by atoms with Crippen molar-refractivity contribution in [3.8, 4) is 0 Å². The maximum Gasteiger partial charge on any atom is 0.243 e. The smallest absolute Gasteiger partial charge is 0.243 e. The second kappa shape index (κ2) is 12.5. The lowest BCUT2D eigenvalue weighted by molar-refractivity contribution is 0.0685. The third-order valence-electron chi connectivity index (χ3n) is 6.65. The van der Waals surface area contributed by atoms with Gasteiger partial charge in [-0.2, -0.15) is 4.31 Å². The lowest BCUT2D eigenvalue weighted by Crippen LogP contribution is -2.48. The van der Waals surface area contributed by atoms with E-state index in [1.54, 1.807) is 23.4 Å². The van der Waals surface area contributed by atoms with Crippen LogP contribution in [0.15, 0.2) is 65.6 Å². The molecule has 0 saturated carbocycles. The van der Waals surface area contributed by atoms with Gasteiger partial charge in [0.1, 0.15) is 6.10 Å². The summed E-state index contributed by atoms with van der Waals surface area (Å²) in [6.45, 7) is 7.30. The van der Waals surface area contributed by atoms with Crippen molar-refractivity contribution in [2.75, 3.05) is 39.3 Å². The van der Waals surface area contributed by atoms with Gasteiger partial charge in [-0.05, 0) is 78.9 Å². The number of hydrogen-bond acceptors (Lipinski definition) is 4. The number of halogens is 3. The number of nitrogens with zero attached hydrogens (tertiary/aromatic N) is 2. The highest BCUT2D eigenvalue weighted by molar-refractivity contribution is 7.89. The van der Waals surface area contributed by atoms with E-state index in [0.29, 0.717) is 58.3 Å². The second-order valence-electron chi connectivity index (χ2n) is 9.32. The van der Waals surface area contributed by atoms with E-state index < -0.39 is 10.0 Å². The summed E-state index contributed by atoms with van der Waals surface area (Å²) in [5.41, 5.74) is 3.49. The molecule has 0 amide bonds. The molecule has 0 aliphatic carbocycles.